The number of hydrogen-bond acceptors (Lipinski definition) is 4. The molecule has 0 bridgehead atoms. The maximum atomic E-state index is 6.05. The Kier molecular flexibility index (Phi) is 3.25. The van der Waals surface area contributed by atoms with Crippen LogP contribution in [0.5, 0.6) is 0 Å². The molecule has 94 valence electrons. The molecule has 1 heterocycles. The number of nitrogens with zero attached hydrogens (tertiary/aromatic N) is 2. The summed E-state index contributed by atoms with van der Waals surface area (Å²) in [7, 11) is 0. The highest BCUT2D eigenvalue weighted by atomic mass is 79.9. The van der Waals surface area contributed by atoms with Gasteiger partial charge in [-0.25, -0.2) is 0 Å². The molecule has 1 aromatic heterocycles. The molecule has 6 heteroatoms. The summed E-state index contributed by atoms with van der Waals surface area (Å²) < 4.78 is 7.19. The minimum atomic E-state index is -0.0990. The molecule has 0 saturated heterocycles. The first-order valence-corrected chi connectivity index (χ1v) is 7.28. The molecule has 1 atom stereocenters. The fourth-order valence-electron chi connectivity index (χ4n) is 1.83. The molecule has 4 nitrogen and oxygen atoms in total. The van der Waals surface area contributed by atoms with Gasteiger partial charge in [-0.15, -0.1) is 0 Å². The molecule has 18 heavy (non-hydrogen) atoms. The van der Waals surface area contributed by atoms with Crippen LogP contribution in [0.4, 0.5) is 0 Å². The molecule has 0 aliphatic heterocycles. The summed E-state index contributed by atoms with van der Waals surface area (Å²) in [5.41, 5.74) is 6.92. The summed E-state index contributed by atoms with van der Waals surface area (Å²) in [5, 5.41) is 3.97. The van der Waals surface area contributed by atoms with Gasteiger partial charge in [0.25, 0.3) is 5.89 Å². The Bertz CT molecular complexity index is 560. The molecule has 1 aliphatic carbocycles. The van der Waals surface area contributed by atoms with Crippen molar-refractivity contribution >= 4 is 31.9 Å². The van der Waals surface area contributed by atoms with Gasteiger partial charge in [-0.1, -0.05) is 37.0 Å². The van der Waals surface area contributed by atoms with E-state index in [1.54, 1.807) is 0 Å². The summed E-state index contributed by atoms with van der Waals surface area (Å²) >= 11 is 6.87. The lowest BCUT2D eigenvalue weighted by atomic mass is 10.2. The van der Waals surface area contributed by atoms with Crippen molar-refractivity contribution in [3.8, 4) is 11.5 Å². The second kappa shape index (κ2) is 4.75. The minimum Gasteiger partial charge on any atom is -0.334 e. The van der Waals surface area contributed by atoms with Crippen LogP contribution in [0.1, 0.15) is 24.7 Å². The van der Waals surface area contributed by atoms with Crippen LogP contribution < -0.4 is 5.73 Å². The van der Waals surface area contributed by atoms with Crippen LogP contribution in [0.2, 0.25) is 0 Å². The van der Waals surface area contributed by atoms with Gasteiger partial charge in [-0.2, -0.15) is 4.98 Å². The van der Waals surface area contributed by atoms with E-state index in [2.05, 4.69) is 42.0 Å². The van der Waals surface area contributed by atoms with Gasteiger partial charge < -0.3 is 10.3 Å². The van der Waals surface area contributed by atoms with Gasteiger partial charge in [-0.05, 0) is 37.0 Å². The van der Waals surface area contributed by atoms with Crippen molar-refractivity contribution in [1.29, 1.82) is 0 Å². The maximum absolute atomic E-state index is 6.05. The molecule has 0 spiro atoms. The molecule has 2 aromatic rings. The van der Waals surface area contributed by atoms with E-state index in [1.165, 1.54) is 0 Å². The predicted molar refractivity (Wildman–Crippen MR) is 74.8 cm³/mol. The van der Waals surface area contributed by atoms with E-state index >= 15 is 0 Å². The Morgan fingerprint density at radius 1 is 1.22 bits per heavy atom. The topological polar surface area (TPSA) is 64.9 Å². The monoisotopic (exact) mass is 371 g/mol. The van der Waals surface area contributed by atoms with Crippen molar-refractivity contribution in [1.82, 2.24) is 10.1 Å². The molecule has 1 aromatic carbocycles. The highest BCUT2D eigenvalue weighted by molar-refractivity contribution is 9.11. The zero-order chi connectivity index (χ0) is 12.7. The lowest BCUT2D eigenvalue weighted by Crippen LogP contribution is -2.13. The van der Waals surface area contributed by atoms with Crippen molar-refractivity contribution < 1.29 is 4.52 Å². The van der Waals surface area contributed by atoms with Crippen molar-refractivity contribution in [3.63, 3.8) is 0 Å². The fourth-order valence-corrected chi connectivity index (χ4v) is 3.12. The van der Waals surface area contributed by atoms with Crippen LogP contribution in [0.15, 0.2) is 31.7 Å². The second-order valence-corrected chi connectivity index (χ2v) is 6.31. The average molecular weight is 373 g/mol. The number of hydrogen-bond donors (Lipinski definition) is 1. The van der Waals surface area contributed by atoms with E-state index in [-0.39, 0.29) is 6.04 Å². The summed E-state index contributed by atoms with van der Waals surface area (Å²) in [5.74, 6) is 1.62. The Balaban J connectivity index is 1.92. The van der Waals surface area contributed by atoms with Crippen molar-refractivity contribution in [2.45, 2.75) is 18.9 Å². The van der Waals surface area contributed by atoms with Gasteiger partial charge in [0, 0.05) is 14.5 Å². The third-order valence-electron chi connectivity index (χ3n) is 2.98. The quantitative estimate of drug-likeness (QED) is 0.892. The smallest absolute Gasteiger partial charge is 0.258 e. The highest BCUT2D eigenvalue weighted by Crippen LogP contribution is 2.39. The van der Waals surface area contributed by atoms with Crippen LogP contribution in [-0.2, 0) is 0 Å². The highest BCUT2D eigenvalue weighted by Gasteiger charge is 2.32. The first kappa shape index (κ1) is 12.3. The molecule has 3 rings (SSSR count). The van der Waals surface area contributed by atoms with Gasteiger partial charge in [0.15, 0.2) is 5.82 Å². The molecule has 1 aliphatic rings. The van der Waals surface area contributed by atoms with Crippen LogP contribution in [-0.4, -0.2) is 10.1 Å². The zero-order valence-corrected chi connectivity index (χ0v) is 12.6. The third-order valence-corrected chi connectivity index (χ3v) is 3.89. The van der Waals surface area contributed by atoms with E-state index in [4.69, 9.17) is 10.3 Å². The Morgan fingerprint density at radius 2 is 1.89 bits per heavy atom. The van der Waals surface area contributed by atoms with E-state index in [9.17, 15) is 0 Å². The number of aromatic nitrogens is 2. The average Bonchev–Trinajstić information content (AvgIpc) is 3.04. The standard InChI is InChI=1S/C12H11Br2N3O/c13-8-3-7(4-9(14)5-8)12-16-11(17-18-12)10(15)6-1-2-6/h3-6,10H,1-2,15H2. The van der Waals surface area contributed by atoms with Crippen LogP contribution in [0.25, 0.3) is 11.5 Å². The molecule has 2 N–H and O–H groups in total. The van der Waals surface area contributed by atoms with E-state index in [0.717, 1.165) is 27.4 Å². The SMILES string of the molecule is NC(c1noc(-c2cc(Br)cc(Br)c2)n1)C1CC1. The fraction of sp³-hybridized carbons (Fsp3) is 0.333. The second-order valence-electron chi connectivity index (χ2n) is 4.48. The maximum Gasteiger partial charge on any atom is 0.258 e. The zero-order valence-electron chi connectivity index (χ0n) is 9.44. The van der Waals surface area contributed by atoms with Crippen molar-refractivity contribution in [3.05, 3.63) is 33.0 Å². The van der Waals surface area contributed by atoms with E-state index in [1.807, 2.05) is 18.2 Å². The number of rotatable bonds is 3. The predicted octanol–water partition coefficient (Wildman–Crippen LogP) is 3.67. The van der Waals surface area contributed by atoms with Crippen LogP contribution in [0, 0.1) is 5.92 Å². The number of halogens is 2. The largest absolute Gasteiger partial charge is 0.334 e. The number of nitrogens with two attached hydrogens (primary N) is 1. The molecular formula is C12H11Br2N3O. The third kappa shape index (κ3) is 2.50. The van der Waals surface area contributed by atoms with Crippen LogP contribution >= 0.6 is 31.9 Å². The normalized spacial score (nSPS) is 16.8. The van der Waals surface area contributed by atoms with E-state index < -0.39 is 0 Å². The first-order chi connectivity index (χ1) is 8.63. The molecule has 1 fully saturated rings. The first-order valence-electron chi connectivity index (χ1n) is 5.69. The minimum absolute atomic E-state index is 0.0990. The Labute approximate surface area is 121 Å². The van der Waals surface area contributed by atoms with Gasteiger partial charge in [0.1, 0.15) is 0 Å². The molecule has 1 unspecified atom stereocenters. The summed E-state index contributed by atoms with van der Waals surface area (Å²) in [6, 6.07) is 5.73. The van der Waals surface area contributed by atoms with Crippen molar-refractivity contribution in [2.24, 2.45) is 11.7 Å². The number of benzene rings is 1. The lowest BCUT2D eigenvalue weighted by Gasteiger charge is -2.02. The Hall–Kier alpha value is -0.720. The van der Waals surface area contributed by atoms with Gasteiger partial charge >= 0.3 is 0 Å². The Morgan fingerprint density at radius 3 is 2.50 bits per heavy atom. The van der Waals surface area contributed by atoms with Gasteiger partial charge in [0.05, 0.1) is 6.04 Å². The van der Waals surface area contributed by atoms with E-state index in [0.29, 0.717) is 17.6 Å². The summed E-state index contributed by atoms with van der Waals surface area (Å²) in [6.45, 7) is 0. The summed E-state index contributed by atoms with van der Waals surface area (Å²) in [6.07, 6.45) is 2.32. The summed E-state index contributed by atoms with van der Waals surface area (Å²) in [4.78, 5) is 4.38. The van der Waals surface area contributed by atoms with Crippen molar-refractivity contribution in [2.75, 3.05) is 0 Å². The molecule has 0 amide bonds. The van der Waals surface area contributed by atoms with Crippen LogP contribution in [0.3, 0.4) is 0 Å². The van der Waals surface area contributed by atoms with Gasteiger partial charge in [-0.3, -0.25) is 0 Å². The molecular weight excluding hydrogens is 362 g/mol. The molecule has 0 radical (unpaired) electrons. The lowest BCUT2D eigenvalue weighted by molar-refractivity contribution is 0.411. The van der Waals surface area contributed by atoms with Gasteiger partial charge in [0.2, 0.25) is 0 Å². The molecule has 1 saturated carbocycles.